The van der Waals surface area contributed by atoms with Crippen molar-refractivity contribution in [2.75, 3.05) is 5.32 Å². The van der Waals surface area contributed by atoms with Crippen molar-refractivity contribution in [2.24, 2.45) is 0 Å². The SMILES string of the molecule is Cc1[nH]nc(NC(=O)Cn2nnc(-c3ccsc3)n2)c1C. The van der Waals surface area contributed by atoms with Crippen LogP contribution in [0.3, 0.4) is 0 Å². The summed E-state index contributed by atoms with van der Waals surface area (Å²) in [6.07, 6.45) is 0. The quantitative estimate of drug-likeness (QED) is 0.758. The molecule has 0 aliphatic carbocycles. The lowest BCUT2D eigenvalue weighted by atomic mass is 10.3. The highest BCUT2D eigenvalue weighted by Crippen LogP contribution is 2.16. The van der Waals surface area contributed by atoms with E-state index in [0.717, 1.165) is 16.8 Å². The Bertz CT molecular complexity index is 759. The fraction of sp³-hybridized carbons (Fsp3) is 0.250. The summed E-state index contributed by atoms with van der Waals surface area (Å²) < 4.78 is 0. The fourth-order valence-corrected chi connectivity index (χ4v) is 2.36. The molecule has 8 nitrogen and oxygen atoms in total. The van der Waals surface area contributed by atoms with E-state index in [-0.39, 0.29) is 12.5 Å². The van der Waals surface area contributed by atoms with Crippen LogP contribution in [0.5, 0.6) is 0 Å². The van der Waals surface area contributed by atoms with E-state index >= 15 is 0 Å². The van der Waals surface area contributed by atoms with Gasteiger partial charge in [0.15, 0.2) is 5.82 Å². The second kappa shape index (κ2) is 5.44. The van der Waals surface area contributed by atoms with E-state index in [1.807, 2.05) is 30.7 Å². The molecule has 0 aromatic carbocycles. The molecule has 0 aliphatic heterocycles. The van der Waals surface area contributed by atoms with Crippen LogP contribution in [0.2, 0.25) is 0 Å². The summed E-state index contributed by atoms with van der Waals surface area (Å²) in [6, 6.07) is 1.90. The molecule has 0 atom stereocenters. The summed E-state index contributed by atoms with van der Waals surface area (Å²) in [7, 11) is 0. The van der Waals surface area contributed by atoms with Crippen LogP contribution in [0.25, 0.3) is 11.4 Å². The van der Waals surface area contributed by atoms with Crippen LogP contribution in [-0.4, -0.2) is 36.3 Å². The van der Waals surface area contributed by atoms with E-state index in [0.29, 0.717) is 11.6 Å². The molecule has 0 aliphatic rings. The molecule has 21 heavy (non-hydrogen) atoms. The summed E-state index contributed by atoms with van der Waals surface area (Å²) in [5.74, 6) is 0.783. The van der Waals surface area contributed by atoms with Crippen molar-refractivity contribution >= 4 is 23.1 Å². The predicted molar refractivity (Wildman–Crippen MR) is 77.8 cm³/mol. The molecule has 0 saturated carbocycles. The Balaban J connectivity index is 1.67. The first-order valence-corrected chi connectivity index (χ1v) is 7.19. The Kier molecular flexibility index (Phi) is 3.48. The lowest BCUT2D eigenvalue weighted by Crippen LogP contribution is -2.21. The third kappa shape index (κ3) is 2.82. The molecule has 0 bridgehead atoms. The van der Waals surface area contributed by atoms with E-state index in [9.17, 15) is 4.79 Å². The Morgan fingerprint density at radius 1 is 1.48 bits per heavy atom. The summed E-state index contributed by atoms with van der Waals surface area (Å²) >= 11 is 1.56. The number of H-pyrrole nitrogens is 1. The number of amides is 1. The largest absolute Gasteiger partial charge is 0.307 e. The average Bonchev–Trinajstić information content (AvgIpc) is 3.16. The number of anilines is 1. The van der Waals surface area contributed by atoms with Crippen LogP contribution >= 0.6 is 11.3 Å². The highest BCUT2D eigenvalue weighted by Gasteiger charge is 2.12. The van der Waals surface area contributed by atoms with Crippen molar-refractivity contribution in [3.05, 3.63) is 28.1 Å². The van der Waals surface area contributed by atoms with E-state index in [1.54, 1.807) is 11.3 Å². The fourth-order valence-electron chi connectivity index (χ4n) is 1.72. The number of thiophene rings is 1. The highest BCUT2D eigenvalue weighted by atomic mass is 32.1. The third-order valence-electron chi connectivity index (χ3n) is 3.03. The smallest absolute Gasteiger partial charge is 0.249 e. The molecule has 1 amide bonds. The van der Waals surface area contributed by atoms with Crippen LogP contribution in [-0.2, 0) is 11.3 Å². The molecule has 0 unspecified atom stereocenters. The monoisotopic (exact) mass is 303 g/mol. The Hall–Kier alpha value is -2.55. The number of aromatic nitrogens is 6. The summed E-state index contributed by atoms with van der Waals surface area (Å²) in [5.41, 5.74) is 2.73. The Morgan fingerprint density at radius 3 is 3.00 bits per heavy atom. The van der Waals surface area contributed by atoms with Gasteiger partial charge in [-0.05, 0) is 30.5 Å². The van der Waals surface area contributed by atoms with Crippen molar-refractivity contribution < 1.29 is 4.79 Å². The van der Waals surface area contributed by atoms with Crippen molar-refractivity contribution in [3.8, 4) is 11.4 Å². The van der Waals surface area contributed by atoms with Gasteiger partial charge in [0, 0.05) is 22.2 Å². The number of nitrogens with one attached hydrogen (secondary N) is 2. The molecule has 9 heteroatoms. The van der Waals surface area contributed by atoms with Gasteiger partial charge in [-0.15, -0.1) is 10.2 Å². The Morgan fingerprint density at radius 2 is 2.33 bits per heavy atom. The molecule has 3 rings (SSSR count). The number of aromatic amines is 1. The Labute approximate surface area is 124 Å². The molecular weight excluding hydrogens is 290 g/mol. The number of aryl methyl sites for hydroxylation is 1. The third-order valence-corrected chi connectivity index (χ3v) is 3.71. The maximum Gasteiger partial charge on any atom is 0.249 e. The molecule has 0 spiro atoms. The number of hydrogen-bond acceptors (Lipinski definition) is 6. The molecule has 2 N–H and O–H groups in total. The molecule has 0 fully saturated rings. The number of carbonyl (C=O) groups is 1. The molecular formula is C12H13N7OS. The summed E-state index contributed by atoms with van der Waals surface area (Å²) in [4.78, 5) is 13.2. The van der Waals surface area contributed by atoms with Gasteiger partial charge in [0.05, 0.1) is 0 Å². The molecule has 0 saturated heterocycles. The van der Waals surface area contributed by atoms with Crippen molar-refractivity contribution in [3.63, 3.8) is 0 Å². The van der Waals surface area contributed by atoms with Gasteiger partial charge in [-0.3, -0.25) is 9.89 Å². The first kappa shape index (κ1) is 13.4. The molecule has 3 aromatic heterocycles. The van der Waals surface area contributed by atoms with Crippen LogP contribution in [0.1, 0.15) is 11.3 Å². The molecule has 0 radical (unpaired) electrons. The van der Waals surface area contributed by atoms with Gasteiger partial charge in [-0.25, -0.2) is 0 Å². The van der Waals surface area contributed by atoms with Crippen LogP contribution in [0.15, 0.2) is 16.8 Å². The predicted octanol–water partition coefficient (Wildman–Crippen LogP) is 1.38. The van der Waals surface area contributed by atoms with Gasteiger partial charge in [-0.1, -0.05) is 0 Å². The normalized spacial score (nSPS) is 10.8. The second-order valence-electron chi connectivity index (χ2n) is 4.53. The van der Waals surface area contributed by atoms with Gasteiger partial charge in [0.1, 0.15) is 6.54 Å². The van der Waals surface area contributed by atoms with Gasteiger partial charge < -0.3 is 5.32 Å². The van der Waals surface area contributed by atoms with Crippen LogP contribution < -0.4 is 5.32 Å². The van der Waals surface area contributed by atoms with E-state index in [2.05, 4.69) is 30.9 Å². The summed E-state index contributed by atoms with van der Waals surface area (Å²) in [5, 5.41) is 25.4. The number of tetrazole rings is 1. The van der Waals surface area contributed by atoms with Crippen molar-refractivity contribution in [2.45, 2.75) is 20.4 Å². The number of carbonyl (C=O) groups excluding carboxylic acids is 1. The zero-order valence-corrected chi connectivity index (χ0v) is 12.3. The molecule has 108 valence electrons. The van der Waals surface area contributed by atoms with E-state index < -0.39 is 0 Å². The minimum Gasteiger partial charge on any atom is -0.307 e. The maximum atomic E-state index is 11.9. The molecule has 3 heterocycles. The maximum absolute atomic E-state index is 11.9. The first-order chi connectivity index (χ1) is 10.1. The van der Waals surface area contributed by atoms with Gasteiger partial charge in [0.25, 0.3) is 0 Å². The number of rotatable bonds is 4. The van der Waals surface area contributed by atoms with E-state index in [4.69, 9.17) is 0 Å². The summed E-state index contributed by atoms with van der Waals surface area (Å²) in [6.45, 7) is 3.77. The minimum absolute atomic E-state index is 0.0114. The van der Waals surface area contributed by atoms with Gasteiger partial charge >= 0.3 is 0 Å². The van der Waals surface area contributed by atoms with Crippen LogP contribution in [0.4, 0.5) is 5.82 Å². The van der Waals surface area contributed by atoms with E-state index in [1.165, 1.54) is 4.80 Å². The zero-order valence-electron chi connectivity index (χ0n) is 11.5. The zero-order chi connectivity index (χ0) is 14.8. The number of hydrogen-bond donors (Lipinski definition) is 2. The first-order valence-electron chi connectivity index (χ1n) is 6.25. The topological polar surface area (TPSA) is 101 Å². The standard InChI is InChI=1S/C12H13N7OS/c1-7-8(2)14-15-11(7)13-10(20)5-19-17-12(16-18-19)9-3-4-21-6-9/h3-4,6H,5H2,1-2H3,(H2,13,14,15,20). The second-order valence-corrected chi connectivity index (χ2v) is 5.31. The van der Waals surface area contributed by atoms with Crippen LogP contribution in [0, 0.1) is 13.8 Å². The molecule has 3 aromatic rings. The lowest BCUT2D eigenvalue weighted by molar-refractivity contribution is -0.117. The van der Waals surface area contributed by atoms with Crippen molar-refractivity contribution in [1.29, 1.82) is 0 Å². The minimum atomic E-state index is -0.251. The highest BCUT2D eigenvalue weighted by molar-refractivity contribution is 7.08. The van der Waals surface area contributed by atoms with Gasteiger partial charge in [-0.2, -0.15) is 21.2 Å². The van der Waals surface area contributed by atoms with Gasteiger partial charge in [0.2, 0.25) is 11.7 Å². The average molecular weight is 303 g/mol. The number of nitrogens with zero attached hydrogens (tertiary/aromatic N) is 5. The lowest BCUT2D eigenvalue weighted by Gasteiger charge is -2.01. The van der Waals surface area contributed by atoms with Crippen molar-refractivity contribution in [1.82, 2.24) is 30.4 Å².